The van der Waals surface area contributed by atoms with E-state index in [1.54, 1.807) is 6.20 Å². The van der Waals surface area contributed by atoms with Crippen LogP contribution >= 0.6 is 0 Å². The zero-order valence-electron chi connectivity index (χ0n) is 14.2. The van der Waals surface area contributed by atoms with Crippen molar-refractivity contribution in [2.75, 3.05) is 0 Å². The Kier molecular flexibility index (Phi) is 5.65. The average molecular weight is 373 g/mol. The molecule has 3 rings (SSSR count). The van der Waals surface area contributed by atoms with E-state index in [-0.39, 0.29) is 24.5 Å². The molecule has 0 spiro atoms. The Bertz CT molecular complexity index is 939. The van der Waals surface area contributed by atoms with E-state index in [9.17, 15) is 18.4 Å². The number of aromatic amines is 1. The molecular weight excluding hydrogens is 356 g/mol. The minimum Gasteiger partial charge on any atom is -0.435 e. The largest absolute Gasteiger partial charge is 0.435 e. The van der Waals surface area contributed by atoms with Crippen LogP contribution in [0.3, 0.4) is 0 Å². The highest BCUT2D eigenvalue weighted by Gasteiger charge is 2.10. The average Bonchev–Trinajstić information content (AvgIpc) is 3.04. The van der Waals surface area contributed by atoms with Crippen LogP contribution in [0, 0.1) is 0 Å². The molecule has 1 aromatic heterocycles. The number of amides is 2. The van der Waals surface area contributed by atoms with Gasteiger partial charge in [-0.3, -0.25) is 20.4 Å². The first kappa shape index (κ1) is 18.4. The van der Waals surface area contributed by atoms with Crippen LogP contribution < -0.4 is 15.6 Å². The molecule has 0 saturated heterocycles. The Morgan fingerprint density at radius 3 is 2.33 bits per heavy atom. The van der Waals surface area contributed by atoms with Gasteiger partial charge < -0.3 is 9.72 Å². The molecule has 0 unspecified atom stereocenters. The van der Waals surface area contributed by atoms with Gasteiger partial charge in [0.15, 0.2) is 0 Å². The molecule has 0 radical (unpaired) electrons. The standard InChI is InChI=1S/C19H17F2N3O3/c20-19(21)27-14-7-5-12(6-8-14)9-17(25)23-24-18(26)10-13-11-22-16-4-2-1-3-15(13)16/h1-8,11,19,22H,9-10H2,(H,23,25)(H,24,26). The van der Waals surface area contributed by atoms with Crippen molar-refractivity contribution in [2.24, 2.45) is 0 Å². The lowest BCUT2D eigenvalue weighted by Crippen LogP contribution is -2.43. The summed E-state index contributed by atoms with van der Waals surface area (Å²) in [6.45, 7) is -2.90. The summed E-state index contributed by atoms with van der Waals surface area (Å²) in [4.78, 5) is 27.0. The number of aromatic nitrogens is 1. The summed E-state index contributed by atoms with van der Waals surface area (Å²) in [5.74, 6) is -0.764. The molecule has 3 N–H and O–H groups in total. The number of benzene rings is 2. The molecule has 0 atom stereocenters. The Morgan fingerprint density at radius 2 is 1.63 bits per heavy atom. The molecule has 8 heteroatoms. The first-order valence-electron chi connectivity index (χ1n) is 8.17. The molecule has 3 aromatic rings. The number of carbonyl (C=O) groups is 2. The summed E-state index contributed by atoms with van der Waals surface area (Å²) in [6, 6.07) is 13.3. The quantitative estimate of drug-likeness (QED) is 0.581. The number of carbonyl (C=O) groups excluding carboxylic acids is 2. The smallest absolute Gasteiger partial charge is 0.387 e. The van der Waals surface area contributed by atoms with E-state index in [4.69, 9.17) is 0 Å². The normalized spacial score (nSPS) is 10.8. The first-order valence-corrected chi connectivity index (χ1v) is 8.17. The minimum atomic E-state index is -2.90. The van der Waals surface area contributed by atoms with E-state index in [2.05, 4.69) is 20.6 Å². The van der Waals surface area contributed by atoms with E-state index in [1.165, 1.54) is 24.3 Å². The summed E-state index contributed by atoms with van der Waals surface area (Å²) < 4.78 is 28.4. The van der Waals surface area contributed by atoms with Gasteiger partial charge in [-0.25, -0.2) is 0 Å². The van der Waals surface area contributed by atoms with Gasteiger partial charge >= 0.3 is 6.61 Å². The molecule has 0 fully saturated rings. The third kappa shape index (κ3) is 5.04. The van der Waals surface area contributed by atoms with Crippen molar-refractivity contribution in [3.8, 4) is 5.75 Å². The van der Waals surface area contributed by atoms with Gasteiger partial charge in [-0.2, -0.15) is 8.78 Å². The number of hydrogen-bond acceptors (Lipinski definition) is 3. The number of para-hydroxylation sites is 1. The monoisotopic (exact) mass is 373 g/mol. The number of hydrazine groups is 1. The Hall–Kier alpha value is -3.42. The Morgan fingerprint density at radius 1 is 0.963 bits per heavy atom. The van der Waals surface area contributed by atoms with Crippen molar-refractivity contribution in [3.05, 3.63) is 65.9 Å². The number of H-pyrrole nitrogens is 1. The van der Waals surface area contributed by atoms with Gasteiger partial charge in [0, 0.05) is 17.1 Å². The Balaban J connectivity index is 1.48. The summed E-state index contributed by atoms with van der Waals surface area (Å²) in [5, 5.41) is 0.949. The summed E-state index contributed by atoms with van der Waals surface area (Å²) >= 11 is 0. The van der Waals surface area contributed by atoms with Crippen molar-refractivity contribution >= 4 is 22.7 Å². The molecule has 0 aliphatic heterocycles. The second kappa shape index (κ2) is 8.31. The van der Waals surface area contributed by atoms with Crippen LogP contribution in [0.25, 0.3) is 10.9 Å². The second-order valence-corrected chi connectivity index (χ2v) is 5.83. The van der Waals surface area contributed by atoms with Crippen LogP contribution in [-0.2, 0) is 22.4 Å². The predicted octanol–water partition coefficient (Wildman–Crippen LogP) is 2.70. The zero-order chi connectivity index (χ0) is 19.2. The number of ether oxygens (including phenoxy) is 1. The van der Waals surface area contributed by atoms with Gasteiger partial charge in [0.05, 0.1) is 12.8 Å². The first-order chi connectivity index (χ1) is 13.0. The zero-order valence-corrected chi connectivity index (χ0v) is 14.2. The van der Waals surface area contributed by atoms with E-state index in [1.807, 2.05) is 24.3 Å². The lowest BCUT2D eigenvalue weighted by atomic mass is 10.1. The maximum Gasteiger partial charge on any atom is 0.387 e. The van der Waals surface area contributed by atoms with Crippen molar-refractivity contribution < 1.29 is 23.1 Å². The minimum absolute atomic E-state index is 0.0116. The molecule has 0 saturated carbocycles. The topological polar surface area (TPSA) is 83.2 Å². The highest BCUT2D eigenvalue weighted by atomic mass is 19.3. The molecule has 1 heterocycles. The highest BCUT2D eigenvalue weighted by molar-refractivity contribution is 5.90. The molecule has 0 aliphatic carbocycles. The van der Waals surface area contributed by atoms with Crippen LogP contribution in [-0.4, -0.2) is 23.4 Å². The maximum absolute atomic E-state index is 12.1. The molecule has 2 aromatic carbocycles. The fraction of sp³-hybridized carbons (Fsp3) is 0.158. The molecule has 0 bridgehead atoms. The third-order valence-electron chi connectivity index (χ3n) is 3.88. The lowest BCUT2D eigenvalue weighted by Gasteiger charge is -2.08. The lowest BCUT2D eigenvalue weighted by molar-refractivity contribution is -0.128. The van der Waals surface area contributed by atoms with E-state index in [0.717, 1.165) is 16.5 Å². The number of alkyl halides is 2. The third-order valence-corrected chi connectivity index (χ3v) is 3.88. The molecule has 2 amide bonds. The van der Waals surface area contributed by atoms with Crippen LogP contribution in [0.15, 0.2) is 54.7 Å². The van der Waals surface area contributed by atoms with E-state index >= 15 is 0 Å². The van der Waals surface area contributed by atoms with Crippen LogP contribution in [0.2, 0.25) is 0 Å². The maximum atomic E-state index is 12.1. The molecule has 140 valence electrons. The fourth-order valence-electron chi connectivity index (χ4n) is 2.65. The van der Waals surface area contributed by atoms with E-state index < -0.39 is 12.5 Å². The van der Waals surface area contributed by atoms with Crippen molar-refractivity contribution in [2.45, 2.75) is 19.5 Å². The van der Waals surface area contributed by atoms with Crippen LogP contribution in [0.5, 0.6) is 5.75 Å². The van der Waals surface area contributed by atoms with Crippen LogP contribution in [0.4, 0.5) is 8.78 Å². The number of nitrogens with one attached hydrogen (secondary N) is 3. The summed E-state index contributed by atoms with van der Waals surface area (Å²) in [7, 11) is 0. The van der Waals surface area contributed by atoms with Gasteiger partial charge in [0.1, 0.15) is 5.75 Å². The second-order valence-electron chi connectivity index (χ2n) is 5.83. The van der Waals surface area contributed by atoms with Gasteiger partial charge in [-0.1, -0.05) is 30.3 Å². The van der Waals surface area contributed by atoms with Gasteiger partial charge in [-0.15, -0.1) is 0 Å². The van der Waals surface area contributed by atoms with Crippen molar-refractivity contribution in [3.63, 3.8) is 0 Å². The van der Waals surface area contributed by atoms with E-state index in [0.29, 0.717) is 5.56 Å². The summed E-state index contributed by atoms with van der Waals surface area (Å²) in [5.41, 5.74) is 7.06. The number of rotatable bonds is 6. The molecular formula is C19H17F2N3O3. The highest BCUT2D eigenvalue weighted by Crippen LogP contribution is 2.18. The SMILES string of the molecule is O=C(Cc1ccc(OC(F)F)cc1)NNC(=O)Cc1c[nH]c2ccccc12. The fourth-order valence-corrected chi connectivity index (χ4v) is 2.65. The van der Waals surface area contributed by atoms with Crippen molar-refractivity contribution in [1.29, 1.82) is 0 Å². The predicted molar refractivity (Wildman–Crippen MR) is 95.1 cm³/mol. The molecule has 0 aliphatic rings. The van der Waals surface area contributed by atoms with Crippen LogP contribution in [0.1, 0.15) is 11.1 Å². The number of fused-ring (bicyclic) bond motifs is 1. The number of hydrogen-bond donors (Lipinski definition) is 3. The summed E-state index contributed by atoms with van der Waals surface area (Å²) in [6.07, 6.45) is 1.86. The van der Waals surface area contributed by atoms with Gasteiger partial charge in [0.2, 0.25) is 11.8 Å². The molecule has 27 heavy (non-hydrogen) atoms. The molecule has 6 nitrogen and oxygen atoms in total. The van der Waals surface area contributed by atoms with Crippen molar-refractivity contribution in [1.82, 2.24) is 15.8 Å². The van der Waals surface area contributed by atoms with Gasteiger partial charge in [0.25, 0.3) is 0 Å². The number of halogens is 2. The Labute approximate surface area is 153 Å². The van der Waals surface area contributed by atoms with Gasteiger partial charge in [-0.05, 0) is 29.3 Å².